The number of hydrogen-bond donors (Lipinski definition) is 2. The van der Waals surface area contributed by atoms with Crippen LogP contribution in [-0.2, 0) is 4.79 Å². The molecule has 0 saturated heterocycles. The SMILES string of the molecule is CCCCOc1cc(Br)c([C@H]2NC(=O)NC(c3ccccc3)=C2C(C)=O)cc1OC. The molecule has 0 saturated carbocycles. The Labute approximate surface area is 184 Å². The Hall–Kier alpha value is -2.80. The summed E-state index contributed by atoms with van der Waals surface area (Å²) in [5.41, 5.74) is 2.46. The highest BCUT2D eigenvalue weighted by Gasteiger charge is 2.33. The minimum absolute atomic E-state index is 0.138. The zero-order valence-electron chi connectivity index (χ0n) is 17.3. The molecule has 2 aromatic rings. The Morgan fingerprint density at radius 3 is 2.53 bits per heavy atom. The van der Waals surface area contributed by atoms with Crippen LogP contribution in [0.2, 0.25) is 0 Å². The summed E-state index contributed by atoms with van der Waals surface area (Å²) in [6.45, 7) is 4.18. The first-order valence-corrected chi connectivity index (χ1v) is 10.6. The van der Waals surface area contributed by atoms with Crippen molar-refractivity contribution in [1.82, 2.24) is 10.6 Å². The van der Waals surface area contributed by atoms with Crippen molar-refractivity contribution in [3.05, 3.63) is 63.6 Å². The van der Waals surface area contributed by atoms with Crippen LogP contribution >= 0.6 is 15.9 Å². The summed E-state index contributed by atoms with van der Waals surface area (Å²) < 4.78 is 12.1. The lowest BCUT2D eigenvalue weighted by Crippen LogP contribution is -2.44. The number of benzene rings is 2. The van der Waals surface area contributed by atoms with Crippen molar-refractivity contribution in [2.24, 2.45) is 0 Å². The van der Waals surface area contributed by atoms with Crippen LogP contribution in [0.5, 0.6) is 11.5 Å². The highest BCUT2D eigenvalue weighted by atomic mass is 79.9. The fourth-order valence-corrected chi connectivity index (χ4v) is 3.93. The molecule has 30 heavy (non-hydrogen) atoms. The average molecular weight is 473 g/mol. The lowest BCUT2D eigenvalue weighted by atomic mass is 9.90. The Morgan fingerprint density at radius 1 is 1.17 bits per heavy atom. The minimum Gasteiger partial charge on any atom is -0.493 e. The monoisotopic (exact) mass is 472 g/mol. The molecule has 0 aromatic heterocycles. The number of ketones is 1. The van der Waals surface area contributed by atoms with E-state index in [1.807, 2.05) is 36.4 Å². The number of hydrogen-bond acceptors (Lipinski definition) is 4. The molecule has 3 rings (SSSR count). The van der Waals surface area contributed by atoms with Crippen molar-refractivity contribution < 1.29 is 19.1 Å². The van der Waals surface area contributed by atoms with Crippen LogP contribution in [0.3, 0.4) is 0 Å². The van der Waals surface area contributed by atoms with Crippen LogP contribution in [0.15, 0.2) is 52.5 Å². The van der Waals surface area contributed by atoms with Gasteiger partial charge in [0, 0.05) is 10.0 Å². The van der Waals surface area contributed by atoms with Gasteiger partial charge >= 0.3 is 6.03 Å². The normalized spacial score (nSPS) is 16.0. The zero-order chi connectivity index (χ0) is 21.7. The molecule has 1 aliphatic rings. The largest absolute Gasteiger partial charge is 0.493 e. The summed E-state index contributed by atoms with van der Waals surface area (Å²) in [4.78, 5) is 25.1. The molecule has 1 aliphatic heterocycles. The number of nitrogens with one attached hydrogen (secondary N) is 2. The molecule has 0 radical (unpaired) electrons. The molecule has 1 atom stereocenters. The number of Topliss-reactive ketones (excluding diaryl/α,β-unsaturated/α-hetero) is 1. The van der Waals surface area contributed by atoms with Crippen molar-refractivity contribution in [3.63, 3.8) is 0 Å². The standard InChI is InChI=1S/C23H25BrN2O4/c1-4-5-11-30-19-13-17(24)16(12-18(19)29-3)22-20(14(2)27)21(25-23(28)26-22)15-9-7-6-8-10-15/h6-10,12-13,22H,4-5,11H2,1-3H3,(H2,25,26,28)/t22-/m1/s1. The van der Waals surface area contributed by atoms with Gasteiger partial charge in [-0.1, -0.05) is 59.6 Å². The second kappa shape index (κ2) is 9.80. The maximum atomic E-state index is 12.7. The van der Waals surface area contributed by atoms with E-state index in [4.69, 9.17) is 9.47 Å². The third-order valence-corrected chi connectivity index (χ3v) is 5.55. The molecule has 2 aromatic carbocycles. The molecule has 0 aliphatic carbocycles. The summed E-state index contributed by atoms with van der Waals surface area (Å²) in [5.74, 6) is 1.01. The summed E-state index contributed by atoms with van der Waals surface area (Å²) >= 11 is 3.59. The van der Waals surface area contributed by atoms with Crippen molar-refractivity contribution in [3.8, 4) is 11.5 Å². The van der Waals surface area contributed by atoms with Gasteiger partial charge in [0.25, 0.3) is 0 Å². The lowest BCUT2D eigenvalue weighted by molar-refractivity contribution is -0.113. The first kappa shape index (κ1) is 21.9. The van der Waals surface area contributed by atoms with Gasteiger partial charge in [0.15, 0.2) is 17.3 Å². The molecular formula is C23H25BrN2O4. The smallest absolute Gasteiger partial charge is 0.320 e. The predicted octanol–water partition coefficient (Wildman–Crippen LogP) is 4.99. The Kier molecular flexibility index (Phi) is 7.15. The molecule has 0 fully saturated rings. The number of urea groups is 1. The quantitative estimate of drug-likeness (QED) is 0.530. The van der Waals surface area contributed by atoms with E-state index in [2.05, 4.69) is 33.5 Å². The Balaban J connectivity index is 2.10. The lowest BCUT2D eigenvalue weighted by Gasteiger charge is -2.30. The summed E-state index contributed by atoms with van der Waals surface area (Å²) in [6.07, 6.45) is 1.96. The number of rotatable bonds is 8. The fraction of sp³-hybridized carbons (Fsp3) is 0.304. The van der Waals surface area contributed by atoms with E-state index in [9.17, 15) is 9.59 Å². The van der Waals surface area contributed by atoms with Crippen molar-refractivity contribution >= 4 is 33.4 Å². The van der Waals surface area contributed by atoms with Gasteiger partial charge in [-0.25, -0.2) is 4.79 Å². The molecule has 2 N–H and O–H groups in total. The molecule has 7 heteroatoms. The molecule has 6 nitrogen and oxygen atoms in total. The topological polar surface area (TPSA) is 76.7 Å². The average Bonchev–Trinajstić information content (AvgIpc) is 2.74. The van der Waals surface area contributed by atoms with E-state index in [0.717, 1.165) is 18.4 Å². The number of halogens is 1. The van der Waals surface area contributed by atoms with Gasteiger partial charge in [-0.05, 0) is 36.6 Å². The van der Waals surface area contributed by atoms with E-state index < -0.39 is 6.04 Å². The van der Waals surface area contributed by atoms with E-state index in [0.29, 0.717) is 39.4 Å². The minimum atomic E-state index is -0.639. The van der Waals surface area contributed by atoms with Gasteiger partial charge in [-0.3, -0.25) is 4.79 Å². The van der Waals surface area contributed by atoms with Gasteiger partial charge in [-0.15, -0.1) is 0 Å². The van der Waals surface area contributed by atoms with E-state index in [1.165, 1.54) is 6.92 Å². The van der Waals surface area contributed by atoms with Crippen LogP contribution < -0.4 is 20.1 Å². The van der Waals surface area contributed by atoms with Crippen molar-refractivity contribution in [2.45, 2.75) is 32.7 Å². The second-order valence-electron chi connectivity index (χ2n) is 6.97. The van der Waals surface area contributed by atoms with Crippen molar-refractivity contribution in [2.75, 3.05) is 13.7 Å². The van der Waals surface area contributed by atoms with Crippen LogP contribution in [0.4, 0.5) is 4.79 Å². The van der Waals surface area contributed by atoms with E-state index in [1.54, 1.807) is 13.2 Å². The Bertz CT molecular complexity index is 973. The van der Waals surface area contributed by atoms with Gasteiger partial charge in [0.1, 0.15) is 0 Å². The number of ether oxygens (including phenoxy) is 2. The number of amides is 2. The summed E-state index contributed by atoms with van der Waals surface area (Å²) in [5, 5.41) is 5.67. The predicted molar refractivity (Wildman–Crippen MR) is 120 cm³/mol. The maximum absolute atomic E-state index is 12.7. The van der Waals surface area contributed by atoms with Crippen molar-refractivity contribution in [1.29, 1.82) is 0 Å². The third kappa shape index (κ3) is 4.67. The van der Waals surface area contributed by atoms with Gasteiger partial charge < -0.3 is 20.1 Å². The second-order valence-corrected chi connectivity index (χ2v) is 7.82. The molecule has 1 heterocycles. The van der Waals surface area contributed by atoms with Gasteiger partial charge in [0.05, 0.1) is 25.5 Å². The number of carbonyl (C=O) groups excluding carboxylic acids is 2. The molecular weight excluding hydrogens is 448 g/mol. The zero-order valence-corrected chi connectivity index (χ0v) is 18.8. The highest BCUT2D eigenvalue weighted by molar-refractivity contribution is 9.10. The number of unbranched alkanes of at least 4 members (excludes halogenated alkanes) is 1. The van der Waals surface area contributed by atoms with Gasteiger partial charge in [0.2, 0.25) is 0 Å². The van der Waals surface area contributed by atoms with Gasteiger partial charge in [-0.2, -0.15) is 0 Å². The molecule has 0 bridgehead atoms. The Morgan fingerprint density at radius 2 is 1.90 bits per heavy atom. The summed E-state index contributed by atoms with van der Waals surface area (Å²) in [7, 11) is 1.57. The maximum Gasteiger partial charge on any atom is 0.320 e. The summed E-state index contributed by atoms with van der Waals surface area (Å²) in [6, 6.07) is 11.9. The number of carbonyl (C=O) groups is 2. The van der Waals surface area contributed by atoms with Crippen LogP contribution in [0.1, 0.15) is 43.9 Å². The fourth-order valence-electron chi connectivity index (χ4n) is 3.38. The highest BCUT2D eigenvalue weighted by Crippen LogP contribution is 2.40. The van der Waals surface area contributed by atoms with Crippen LogP contribution in [0.25, 0.3) is 5.70 Å². The molecule has 2 amide bonds. The first-order valence-electron chi connectivity index (χ1n) is 9.84. The van der Waals surface area contributed by atoms with Crippen LogP contribution in [0, 0.1) is 0 Å². The van der Waals surface area contributed by atoms with Crippen LogP contribution in [-0.4, -0.2) is 25.5 Å². The third-order valence-electron chi connectivity index (χ3n) is 4.86. The van der Waals surface area contributed by atoms with E-state index >= 15 is 0 Å². The number of methoxy groups -OCH3 is 1. The van der Waals surface area contributed by atoms with E-state index in [-0.39, 0.29) is 11.8 Å². The molecule has 158 valence electrons. The molecule has 0 unspecified atom stereocenters. The first-order chi connectivity index (χ1) is 14.5. The molecule has 0 spiro atoms.